The summed E-state index contributed by atoms with van der Waals surface area (Å²) in [4.78, 5) is 34.9. The van der Waals surface area contributed by atoms with Crippen LogP contribution in [0.2, 0.25) is 0 Å². The second kappa shape index (κ2) is 10.0. The van der Waals surface area contributed by atoms with Gasteiger partial charge in [0.25, 0.3) is 12.0 Å². The van der Waals surface area contributed by atoms with E-state index in [2.05, 4.69) is 15.3 Å². The van der Waals surface area contributed by atoms with E-state index in [1.54, 1.807) is 24.9 Å². The van der Waals surface area contributed by atoms with Gasteiger partial charge in [-0.3, -0.25) is 14.2 Å². The molecule has 1 aliphatic heterocycles. The van der Waals surface area contributed by atoms with E-state index < -0.39 is 30.5 Å². The summed E-state index contributed by atoms with van der Waals surface area (Å²) in [6, 6.07) is 4.89. The van der Waals surface area contributed by atoms with Crippen molar-refractivity contribution in [2.24, 2.45) is 7.05 Å². The SMILES string of the molecule is C[C@@H](Nc1ncnc2c1cc(C1CCN(C(=O)CO)CC1)c(=O)n2C)c1cccc(C(F)F)c1F. The Morgan fingerprint density at radius 1 is 1.23 bits per heavy atom. The molecule has 0 aliphatic carbocycles. The lowest BCUT2D eigenvalue weighted by molar-refractivity contribution is -0.135. The summed E-state index contributed by atoms with van der Waals surface area (Å²) < 4.78 is 42.4. The van der Waals surface area contributed by atoms with Gasteiger partial charge >= 0.3 is 0 Å². The Balaban J connectivity index is 1.68. The number of fused-ring (bicyclic) bond motifs is 1. The molecular weight excluding hydrogens is 463 g/mol. The zero-order chi connectivity index (χ0) is 25.3. The second-order valence-electron chi connectivity index (χ2n) is 8.65. The van der Waals surface area contributed by atoms with Gasteiger partial charge in [0.15, 0.2) is 0 Å². The van der Waals surface area contributed by atoms with Crippen molar-refractivity contribution in [3.8, 4) is 0 Å². The molecule has 3 aromatic rings. The minimum absolute atomic E-state index is 0.0699. The zero-order valence-corrected chi connectivity index (χ0v) is 19.3. The van der Waals surface area contributed by atoms with Crippen LogP contribution in [0.5, 0.6) is 0 Å². The summed E-state index contributed by atoms with van der Waals surface area (Å²) in [6.45, 7) is 1.95. The first-order valence-electron chi connectivity index (χ1n) is 11.3. The molecule has 0 spiro atoms. The quantitative estimate of drug-likeness (QED) is 0.551. The van der Waals surface area contributed by atoms with E-state index in [4.69, 9.17) is 5.11 Å². The number of halogens is 3. The molecule has 0 saturated carbocycles. The van der Waals surface area contributed by atoms with Crippen LogP contribution in [0, 0.1) is 5.82 Å². The van der Waals surface area contributed by atoms with Crippen LogP contribution >= 0.6 is 0 Å². The molecular formula is C24H26F3N5O3. The number of hydrogen-bond acceptors (Lipinski definition) is 6. The van der Waals surface area contributed by atoms with Crippen LogP contribution in [0.1, 0.15) is 54.8 Å². The Morgan fingerprint density at radius 3 is 2.57 bits per heavy atom. The molecule has 1 fully saturated rings. The number of piperidine rings is 1. The number of aliphatic hydroxyl groups excluding tert-OH is 1. The average molecular weight is 489 g/mol. The highest BCUT2D eigenvalue weighted by Crippen LogP contribution is 2.32. The van der Waals surface area contributed by atoms with Crippen molar-refractivity contribution < 1.29 is 23.1 Å². The maximum Gasteiger partial charge on any atom is 0.266 e. The van der Waals surface area contributed by atoms with Gasteiger partial charge in [-0.05, 0) is 31.7 Å². The average Bonchev–Trinajstić information content (AvgIpc) is 2.86. The number of nitrogens with zero attached hydrogens (tertiary/aromatic N) is 4. The topological polar surface area (TPSA) is 100 Å². The standard InChI is InChI=1S/C24H26F3N5O3/c1-13(15-4-3-5-16(20(15)25)21(26)27)30-22-18-10-17(24(35)31(2)23(18)29-12-28-22)14-6-8-32(9-7-14)19(34)11-33/h3-5,10,12-14,21,33H,6-9,11H2,1-2H3,(H,28,29,30)/t13-/m1/s1. The van der Waals surface area contributed by atoms with Crippen molar-refractivity contribution in [3.05, 3.63) is 63.5 Å². The number of alkyl halides is 2. The fourth-order valence-corrected chi connectivity index (χ4v) is 4.60. The molecule has 0 radical (unpaired) electrons. The molecule has 35 heavy (non-hydrogen) atoms. The summed E-state index contributed by atoms with van der Waals surface area (Å²) in [5, 5.41) is 12.7. The highest BCUT2D eigenvalue weighted by molar-refractivity contribution is 5.87. The number of aryl methyl sites for hydroxylation is 1. The number of nitrogens with one attached hydrogen (secondary N) is 1. The van der Waals surface area contributed by atoms with Crippen molar-refractivity contribution in [3.63, 3.8) is 0 Å². The number of hydrogen-bond donors (Lipinski definition) is 2. The van der Waals surface area contributed by atoms with E-state index in [1.807, 2.05) is 0 Å². The minimum atomic E-state index is -2.93. The van der Waals surface area contributed by atoms with Gasteiger partial charge in [0, 0.05) is 31.3 Å². The van der Waals surface area contributed by atoms with Crippen molar-refractivity contribution in [2.45, 2.75) is 38.2 Å². The fourth-order valence-electron chi connectivity index (χ4n) is 4.60. The molecule has 1 amide bonds. The van der Waals surface area contributed by atoms with Crippen LogP contribution in [0.4, 0.5) is 19.0 Å². The van der Waals surface area contributed by atoms with Crippen molar-refractivity contribution >= 4 is 22.8 Å². The van der Waals surface area contributed by atoms with E-state index in [9.17, 15) is 22.8 Å². The molecule has 2 aromatic heterocycles. The van der Waals surface area contributed by atoms with Gasteiger partial charge in [-0.15, -0.1) is 0 Å². The van der Waals surface area contributed by atoms with Gasteiger partial charge in [-0.2, -0.15) is 0 Å². The van der Waals surface area contributed by atoms with E-state index in [1.165, 1.54) is 23.0 Å². The number of benzene rings is 1. The number of carbonyl (C=O) groups is 1. The first-order valence-corrected chi connectivity index (χ1v) is 11.3. The van der Waals surface area contributed by atoms with Crippen LogP contribution in [0.15, 0.2) is 35.4 Å². The number of carbonyl (C=O) groups excluding carboxylic acids is 1. The van der Waals surface area contributed by atoms with Gasteiger partial charge in [-0.1, -0.05) is 18.2 Å². The lowest BCUT2D eigenvalue weighted by atomic mass is 9.89. The smallest absolute Gasteiger partial charge is 0.266 e. The van der Waals surface area contributed by atoms with E-state index >= 15 is 0 Å². The summed E-state index contributed by atoms with van der Waals surface area (Å²) >= 11 is 0. The predicted octanol–water partition coefficient (Wildman–Crippen LogP) is 3.28. The Kier molecular flexibility index (Phi) is 7.06. The molecule has 3 heterocycles. The third-order valence-corrected chi connectivity index (χ3v) is 6.57. The maximum atomic E-state index is 14.7. The number of amides is 1. The predicted molar refractivity (Wildman–Crippen MR) is 124 cm³/mol. The van der Waals surface area contributed by atoms with Crippen LogP contribution < -0.4 is 10.9 Å². The van der Waals surface area contributed by atoms with Crippen LogP contribution in [0.3, 0.4) is 0 Å². The maximum absolute atomic E-state index is 14.7. The Bertz CT molecular complexity index is 1310. The Hall–Kier alpha value is -3.47. The van der Waals surface area contributed by atoms with Gasteiger partial charge in [0.05, 0.1) is 17.0 Å². The number of aromatic nitrogens is 3. The lowest BCUT2D eigenvalue weighted by Crippen LogP contribution is -2.40. The van der Waals surface area contributed by atoms with Gasteiger partial charge in [0.1, 0.15) is 30.2 Å². The Morgan fingerprint density at radius 2 is 1.91 bits per heavy atom. The molecule has 1 saturated heterocycles. The summed E-state index contributed by atoms with van der Waals surface area (Å²) in [5.74, 6) is -1.08. The largest absolute Gasteiger partial charge is 0.387 e. The molecule has 2 N–H and O–H groups in total. The van der Waals surface area contributed by atoms with Gasteiger partial charge < -0.3 is 15.3 Å². The fraction of sp³-hybridized carbons (Fsp3) is 0.417. The van der Waals surface area contributed by atoms with E-state index in [0.29, 0.717) is 48.3 Å². The molecule has 1 aromatic carbocycles. The molecule has 0 bridgehead atoms. The highest BCUT2D eigenvalue weighted by Gasteiger charge is 2.27. The normalized spacial score (nSPS) is 15.6. The van der Waals surface area contributed by atoms with Crippen LogP contribution in [-0.4, -0.2) is 50.1 Å². The zero-order valence-electron chi connectivity index (χ0n) is 19.3. The van der Waals surface area contributed by atoms with Crippen LogP contribution in [-0.2, 0) is 11.8 Å². The van der Waals surface area contributed by atoms with Crippen molar-refractivity contribution in [1.82, 2.24) is 19.4 Å². The molecule has 11 heteroatoms. The molecule has 8 nitrogen and oxygen atoms in total. The number of aliphatic hydroxyl groups is 1. The monoisotopic (exact) mass is 489 g/mol. The minimum Gasteiger partial charge on any atom is -0.387 e. The van der Waals surface area contributed by atoms with Gasteiger partial charge in [0.2, 0.25) is 5.91 Å². The number of pyridine rings is 1. The Labute approximate surface area is 199 Å². The lowest BCUT2D eigenvalue weighted by Gasteiger charge is -2.31. The summed E-state index contributed by atoms with van der Waals surface area (Å²) in [7, 11) is 1.60. The molecule has 1 aliphatic rings. The number of anilines is 1. The third kappa shape index (κ3) is 4.72. The molecule has 186 valence electrons. The van der Waals surface area contributed by atoms with E-state index in [-0.39, 0.29) is 22.9 Å². The molecule has 1 atom stereocenters. The molecule has 4 rings (SSSR count). The summed E-state index contributed by atoms with van der Waals surface area (Å²) in [6.07, 6.45) is -0.532. The second-order valence-corrected chi connectivity index (χ2v) is 8.65. The third-order valence-electron chi connectivity index (χ3n) is 6.57. The van der Waals surface area contributed by atoms with E-state index in [0.717, 1.165) is 6.07 Å². The van der Waals surface area contributed by atoms with Crippen molar-refractivity contribution in [2.75, 3.05) is 25.0 Å². The van der Waals surface area contributed by atoms with Crippen molar-refractivity contribution in [1.29, 1.82) is 0 Å². The first kappa shape index (κ1) is 24.6. The number of likely N-dealkylation sites (tertiary alicyclic amines) is 1. The van der Waals surface area contributed by atoms with Gasteiger partial charge in [-0.25, -0.2) is 23.1 Å². The number of rotatable bonds is 6. The molecule has 0 unspecified atom stereocenters. The summed E-state index contributed by atoms with van der Waals surface area (Å²) in [5.41, 5.74) is 0.114. The first-order chi connectivity index (χ1) is 16.7. The highest BCUT2D eigenvalue weighted by atomic mass is 19.3. The van der Waals surface area contributed by atoms with Crippen LogP contribution in [0.25, 0.3) is 11.0 Å².